The third kappa shape index (κ3) is 6.55. The molecule has 0 saturated carbocycles. The Bertz CT molecular complexity index is 595. The highest BCUT2D eigenvalue weighted by Crippen LogP contribution is 2.23. The first-order valence-corrected chi connectivity index (χ1v) is 10.1. The number of carbonyl (C=O) groups is 1. The van der Waals surface area contributed by atoms with Gasteiger partial charge in [0, 0.05) is 25.1 Å². The molecule has 140 valence electrons. The lowest BCUT2D eigenvalue weighted by Gasteiger charge is -2.36. The van der Waals surface area contributed by atoms with Crippen molar-refractivity contribution in [2.75, 3.05) is 19.4 Å². The molecular weight excluding hydrogens is 362 g/mol. The highest BCUT2D eigenvalue weighted by Gasteiger charge is 2.30. The van der Waals surface area contributed by atoms with Crippen molar-refractivity contribution in [1.82, 2.24) is 14.9 Å². The maximum atomic E-state index is 12.4. The second kappa shape index (κ2) is 8.94. The Hall–Kier alpha value is -1.21. The Balaban J connectivity index is 1.91. The van der Waals surface area contributed by atoms with Crippen LogP contribution in [0.2, 0.25) is 5.15 Å². The van der Waals surface area contributed by atoms with Gasteiger partial charge in [-0.05, 0) is 46.3 Å². The molecule has 1 fully saturated rings. The molecule has 0 unspecified atom stereocenters. The summed E-state index contributed by atoms with van der Waals surface area (Å²) in [6.45, 7) is 6.85. The van der Waals surface area contributed by atoms with Crippen LogP contribution in [-0.2, 0) is 4.74 Å². The molecule has 0 aliphatic carbocycles. The predicted molar refractivity (Wildman–Crippen MR) is 99.5 cm³/mol. The van der Waals surface area contributed by atoms with E-state index < -0.39 is 5.60 Å². The average Bonchev–Trinajstić information content (AvgIpc) is 2.53. The summed E-state index contributed by atoms with van der Waals surface area (Å²) in [5.74, 6) is 0.462. The third-order valence-electron chi connectivity index (χ3n) is 3.79. The van der Waals surface area contributed by atoms with Crippen molar-refractivity contribution in [3.05, 3.63) is 11.2 Å². The lowest BCUT2D eigenvalue weighted by Crippen LogP contribution is -2.46. The zero-order valence-corrected chi connectivity index (χ0v) is 16.8. The van der Waals surface area contributed by atoms with Crippen LogP contribution in [-0.4, -0.2) is 52.0 Å². The summed E-state index contributed by atoms with van der Waals surface area (Å²) in [6.07, 6.45) is 5.45. The smallest absolute Gasteiger partial charge is 0.410 e. The van der Waals surface area contributed by atoms with E-state index >= 15 is 0 Å². The van der Waals surface area contributed by atoms with Gasteiger partial charge in [-0.1, -0.05) is 23.4 Å². The number of hydrogen-bond donors (Lipinski definition) is 0. The molecule has 1 aromatic rings. The van der Waals surface area contributed by atoms with Gasteiger partial charge in [0.2, 0.25) is 5.88 Å². The van der Waals surface area contributed by atoms with Crippen LogP contribution < -0.4 is 4.74 Å². The highest BCUT2D eigenvalue weighted by atomic mass is 35.5. The molecule has 2 rings (SSSR count). The van der Waals surface area contributed by atoms with Gasteiger partial charge in [0.1, 0.15) is 10.8 Å². The summed E-state index contributed by atoms with van der Waals surface area (Å²) in [5, 5.41) is 0.943. The Morgan fingerprint density at radius 1 is 1.40 bits per heavy atom. The number of halogens is 1. The fourth-order valence-electron chi connectivity index (χ4n) is 2.70. The fraction of sp³-hybridized carbons (Fsp3) is 0.706. The van der Waals surface area contributed by atoms with Crippen LogP contribution in [0, 0.1) is 0 Å². The van der Waals surface area contributed by atoms with Crippen molar-refractivity contribution in [1.29, 1.82) is 0 Å². The number of piperidine rings is 1. The van der Waals surface area contributed by atoms with Crippen molar-refractivity contribution in [2.45, 2.75) is 63.3 Å². The maximum Gasteiger partial charge on any atom is 0.410 e. The summed E-state index contributed by atoms with van der Waals surface area (Å²) in [6, 6.07) is 1.73. The van der Waals surface area contributed by atoms with Gasteiger partial charge in [-0.25, -0.2) is 9.78 Å². The van der Waals surface area contributed by atoms with Gasteiger partial charge in [0.25, 0.3) is 0 Å². The fourth-order valence-corrected chi connectivity index (χ4v) is 3.30. The van der Waals surface area contributed by atoms with Crippen LogP contribution in [0.1, 0.15) is 46.5 Å². The van der Waals surface area contributed by atoms with Gasteiger partial charge < -0.3 is 14.4 Å². The SMILES string of the molecule is CSc1nc(Cl)cc(OCC[C@@H]2CCCCN2C(=O)OC(C)(C)C)n1. The van der Waals surface area contributed by atoms with Crippen LogP contribution in [0.25, 0.3) is 0 Å². The molecule has 0 N–H and O–H groups in total. The molecule has 2 heterocycles. The van der Waals surface area contributed by atoms with Gasteiger partial charge in [-0.2, -0.15) is 4.98 Å². The molecule has 1 aliphatic rings. The number of thioether (sulfide) groups is 1. The van der Waals surface area contributed by atoms with Gasteiger partial charge in [0.05, 0.1) is 6.61 Å². The van der Waals surface area contributed by atoms with Crippen LogP contribution in [0.15, 0.2) is 11.2 Å². The molecule has 0 aromatic carbocycles. The topological polar surface area (TPSA) is 64.5 Å². The van der Waals surface area contributed by atoms with Gasteiger partial charge >= 0.3 is 6.09 Å². The van der Waals surface area contributed by atoms with E-state index in [0.29, 0.717) is 22.8 Å². The molecule has 25 heavy (non-hydrogen) atoms. The lowest BCUT2D eigenvalue weighted by atomic mass is 10.0. The van der Waals surface area contributed by atoms with Crippen LogP contribution in [0.3, 0.4) is 0 Å². The monoisotopic (exact) mass is 387 g/mol. The number of carbonyl (C=O) groups excluding carboxylic acids is 1. The van der Waals surface area contributed by atoms with E-state index in [-0.39, 0.29) is 12.1 Å². The molecule has 1 atom stereocenters. The first-order chi connectivity index (χ1) is 11.8. The maximum absolute atomic E-state index is 12.4. The normalized spacial score (nSPS) is 18.1. The van der Waals surface area contributed by atoms with Crippen molar-refractivity contribution in [3.63, 3.8) is 0 Å². The van der Waals surface area contributed by atoms with E-state index in [4.69, 9.17) is 21.1 Å². The molecule has 1 aromatic heterocycles. The quantitative estimate of drug-likeness (QED) is 0.423. The number of ether oxygens (including phenoxy) is 2. The Kier molecular flexibility index (Phi) is 7.19. The number of rotatable bonds is 5. The van der Waals surface area contributed by atoms with Gasteiger partial charge in [-0.15, -0.1) is 0 Å². The number of aromatic nitrogens is 2. The predicted octanol–water partition coefficient (Wildman–Crippen LogP) is 4.41. The van der Waals surface area contributed by atoms with E-state index in [0.717, 1.165) is 32.2 Å². The number of hydrogen-bond acceptors (Lipinski definition) is 6. The summed E-state index contributed by atoms with van der Waals surface area (Å²) in [4.78, 5) is 22.6. The zero-order valence-electron chi connectivity index (χ0n) is 15.2. The lowest BCUT2D eigenvalue weighted by molar-refractivity contribution is 0.00737. The summed E-state index contributed by atoms with van der Waals surface area (Å²) < 4.78 is 11.3. The average molecular weight is 388 g/mol. The standard InChI is InChI=1S/C17H26ClN3O3S/c1-17(2,3)24-16(22)21-9-6-5-7-12(21)8-10-23-14-11-13(18)19-15(20-14)25-4/h11-12H,5-10H2,1-4H3/t12-/m0/s1. The second-order valence-corrected chi connectivity index (χ2v) is 8.14. The van der Waals surface area contributed by atoms with Crippen molar-refractivity contribution in [2.24, 2.45) is 0 Å². The molecule has 0 spiro atoms. The Labute approximate surface area is 158 Å². The molecular formula is C17H26ClN3O3S. The number of likely N-dealkylation sites (tertiary alicyclic amines) is 1. The van der Waals surface area contributed by atoms with Gasteiger partial charge in [-0.3, -0.25) is 0 Å². The second-order valence-electron chi connectivity index (χ2n) is 6.98. The van der Waals surface area contributed by atoms with E-state index in [2.05, 4.69) is 9.97 Å². The minimum atomic E-state index is -0.485. The third-order valence-corrected chi connectivity index (χ3v) is 4.53. The first kappa shape index (κ1) is 20.1. The number of amides is 1. The molecule has 6 nitrogen and oxygen atoms in total. The van der Waals surface area contributed by atoms with Crippen LogP contribution in [0.5, 0.6) is 5.88 Å². The minimum absolute atomic E-state index is 0.126. The van der Waals surface area contributed by atoms with Gasteiger partial charge in [0.15, 0.2) is 5.16 Å². The largest absolute Gasteiger partial charge is 0.477 e. The van der Waals surface area contributed by atoms with Crippen LogP contribution >= 0.6 is 23.4 Å². The molecule has 1 aliphatic heterocycles. The summed E-state index contributed by atoms with van der Waals surface area (Å²) in [7, 11) is 0. The molecule has 1 saturated heterocycles. The van der Waals surface area contributed by atoms with E-state index in [9.17, 15) is 4.79 Å². The molecule has 0 radical (unpaired) electrons. The van der Waals surface area contributed by atoms with Crippen molar-refractivity contribution < 1.29 is 14.3 Å². The highest BCUT2D eigenvalue weighted by molar-refractivity contribution is 7.98. The minimum Gasteiger partial charge on any atom is -0.477 e. The van der Waals surface area contributed by atoms with Crippen molar-refractivity contribution >= 4 is 29.5 Å². The zero-order chi connectivity index (χ0) is 18.4. The van der Waals surface area contributed by atoms with Crippen LogP contribution in [0.4, 0.5) is 4.79 Å². The summed E-state index contributed by atoms with van der Waals surface area (Å²) >= 11 is 7.38. The Morgan fingerprint density at radius 3 is 2.84 bits per heavy atom. The first-order valence-electron chi connectivity index (χ1n) is 8.49. The van der Waals surface area contributed by atoms with E-state index in [1.54, 1.807) is 6.07 Å². The molecule has 0 bridgehead atoms. The van der Waals surface area contributed by atoms with Crippen molar-refractivity contribution in [3.8, 4) is 5.88 Å². The molecule has 8 heteroatoms. The Morgan fingerprint density at radius 2 is 2.16 bits per heavy atom. The molecule has 1 amide bonds. The van der Waals surface area contributed by atoms with E-state index in [1.165, 1.54) is 11.8 Å². The number of nitrogens with zero attached hydrogens (tertiary/aromatic N) is 3. The summed E-state index contributed by atoms with van der Waals surface area (Å²) in [5.41, 5.74) is -0.485. The van der Waals surface area contributed by atoms with E-state index in [1.807, 2.05) is 31.9 Å².